The van der Waals surface area contributed by atoms with Gasteiger partial charge < -0.3 is 15.0 Å². The van der Waals surface area contributed by atoms with Gasteiger partial charge in [0.1, 0.15) is 6.54 Å². The van der Waals surface area contributed by atoms with Crippen LogP contribution >= 0.6 is 11.8 Å². The van der Waals surface area contributed by atoms with E-state index >= 15 is 0 Å². The van der Waals surface area contributed by atoms with Gasteiger partial charge in [0, 0.05) is 24.5 Å². The second-order valence-electron chi connectivity index (χ2n) is 7.37. The molecule has 2 aliphatic rings. The Morgan fingerprint density at radius 1 is 1.06 bits per heavy atom. The molecule has 4 rings (SSSR count). The van der Waals surface area contributed by atoms with Gasteiger partial charge in [0.25, 0.3) is 11.1 Å². The van der Waals surface area contributed by atoms with E-state index in [9.17, 15) is 14.4 Å². The Bertz CT molecular complexity index is 1010. The third-order valence-corrected chi connectivity index (χ3v) is 5.99. The van der Waals surface area contributed by atoms with Crippen molar-refractivity contribution in [1.82, 2.24) is 4.90 Å². The summed E-state index contributed by atoms with van der Waals surface area (Å²) >= 11 is 0.850. The number of ether oxygens (including phenoxy) is 1. The molecule has 2 fully saturated rings. The van der Waals surface area contributed by atoms with Crippen LogP contribution in [0.25, 0.3) is 6.08 Å². The Balaban J connectivity index is 1.36. The van der Waals surface area contributed by atoms with Crippen molar-refractivity contribution in [2.45, 2.75) is 6.92 Å². The minimum atomic E-state index is -0.451. The quantitative estimate of drug-likeness (QED) is 0.722. The molecule has 2 aromatic carbocycles. The fraction of sp³-hybridized carbons (Fsp3) is 0.261. The average molecular weight is 438 g/mol. The number of carbonyl (C=O) groups is 3. The van der Waals surface area contributed by atoms with Crippen molar-refractivity contribution in [2.75, 3.05) is 43.1 Å². The third kappa shape index (κ3) is 5.15. The maximum absolute atomic E-state index is 12.6. The highest BCUT2D eigenvalue weighted by molar-refractivity contribution is 8.18. The number of carbonyl (C=O) groups excluding carboxylic acids is 3. The first kappa shape index (κ1) is 21.1. The van der Waals surface area contributed by atoms with Gasteiger partial charge in [-0.05, 0) is 54.6 Å². The highest BCUT2D eigenvalue weighted by atomic mass is 32.2. The number of hydrogen-bond donors (Lipinski definition) is 1. The first-order chi connectivity index (χ1) is 15.0. The van der Waals surface area contributed by atoms with Crippen molar-refractivity contribution < 1.29 is 19.1 Å². The summed E-state index contributed by atoms with van der Waals surface area (Å²) in [5, 5.41) is 2.31. The number of rotatable bonds is 5. The smallest absolute Gasteiger partial charge is 0.294 e. The van der Waals surface area contributed by atoms with E-state index in [1.807, 2.05) is 55.5 Å². The number of benzene rings is 2. The summed E-state index contributed by atoms with van der Waals surface area (Å²) in [6.07, 6.45) is 1.67. The molecule has 0 bridgehead atoms. The van der Waals surface area contributed by atoms with Crippen LogP contribution in [0.2, 0.25) is 0 Å². The van der Waals surface area contributed by atoms with Gasteiger partial charge in [0.05, 0.1) is 18.1 Å². The molecule has 0 unspecified atom stereocenters. The second kappa shape index (κ2) is 9.36. The molecule has 0 spiro atoms. The minimum Gasteiger partial charge on any atom is -0.378 e. The lowest BCUT2D eigenvalue weighted by molar-refractivity contribution is -0.127. The number of nitrogens with zero attached hydrogens (tertiary/aromatic N) is 2. The molecule has 31 heavy (non-hydrogen) atoms. The van der Waals surface area contributed by atoms with Crippen molar-refractivity contribution >= 4 is 46.3 Å². The molecule has 0 saturated carbocycles. The van der Waals surface area contributed by atoms with Gasteiger partial charge in [-0.3, -0.25) is 19.3 Å². The van der Waals surface area contributed by atoms with E-state index in [0.717, 1.165) is 46.6 Å². The molecular formula is C23H23N3O4S. The molecule has 1 N–H and O–H groups in total. The predicted octanol–water partition coefficient (Wildman–Crippen LogP) is 3.51. The summed E-state index contributed by atoms with van der Waals surface area (Å²) in [5.74, 6) is -0.869. The number of hydrogen-bond acceptors (Lipinski definition) is 6. The molecule has 2 aliphatic heterocycles. The lowest BCUT2D eigenvalue weighted by Crippen LogP contribution is -2.36. The van der Waals surface area contributed by atoms with Gasteiger partial charge in [-0.15, -0.1) is 0 Å². The maximum Gasteiger partial charge on any atom is 0.294 e. The zero-order valence-corrected chi connectivity index (χ0v) is 18.0. The first-order valence-corrected chi connectivity index (χ1v) is 10.9. The van der Waals surface area contributed by atoms with Crippen LogP contribution in [0.1, 0.15) is 11.1 Å². The minimum absolute atomic E-state index is 0.316. The molecule has 2 saturated heterocycles. The fourth-order valence-corrected chi connectivity index (χ4v) is 4.21. The summed E-state index contributed by atoms with van der Waals surface area (Å²) in [6.45, 7) is 4.74. The van der Waals surface area contributed by atoms with E-state index in [2.05, 4.69) is 10.2 Å². The van der Waals surface area contributed by atoms with E-state index in [0.29, 0.717) is 23.8 Å². The largest absolute Gasteiger partial charge is 0.378 e. The van der Waals surface area contributed by atoms with Gasteiger partial charge >= 0.3 is 0 Å². The molecule has 2 heterocycles. The Morgan fingerprint density at radius 3 is 2.42 bits per heavy atom. The molecule has 8 heteroatoms. The summed E-state index contributed by atoms with van der Waals surface area (Å²) in [4.78, 5) is 40.8. The summed E-state index contributed by atoms with van der Waals surface area (Å²) in [5.41, 5.74) is 3.62. The fourth-order valence-electron chi connectivity index (χ4n) is 3.37. The Kier molecular flexibility index (Phi) is 6.39. The van der Waals surface area contributed by atoms with Crippen molar-refractivity contribution in [2.24, 2.45) is 0 Å². The zero-order chi connectivity index (χ0) is 21.8. The van der Waals surface area contributed by atoms with Gasteiger partial charge in [0.2, 0.25) is 5.91 Å². The summed E-state index contributed by atoms with van der Waals surface area (Å²) in [7, 11) is 0. The van der Waals surface area contributed by atoms with Crippen LogP contribution in [0.5, 0.6) is 0 Å². The maximum atomic E-state index is 12.6. The molecule has 160 valence electrons. The van der Waals surface area contributed by atoms with Gasteiger partial charge in [0.15, 0.2) is 0 Å². The second-order valence-corrected chi connectivity index (χ2v) is 8.37. The summed E-state index contributed by atoms with van der Waals surface area (Å²) in [6, 6.07) is 15.1. The van der Waals surface area contributed by atoms with Crippen LogP contribution < -0.4 is 10.2 Å². The Hall–Kier alpha value is -3.10. The Labute approximate surface area is 185 Å². The molecule has 2 aromatic rings. The van der Waals surface area contributed by atoms with Gasteiger partial charge in [-0.2, -0.15) is 0 Å². The topological polar surface area (TPSA) is 79.0 Å². The van der Waals surface area contributed by atoms with E-state index in [4.69, 9.17) is 4.74 Å². The third-order valence-electron chi connectivity index (χ3n) is 5.08. The first-order valence-electron chi connectivity index (χ1n) is 10.0. The average Bonchev–Trinajstić information content (AvgIpc) is 3.04. The molecule has 0 atom stereocenters. The molecule has 0 aliphatic carbocycles. The van der Waals surface area contributed by atoms with Crippen LogP contribution in [0.3, 0.4) is 0 Å². The standard InChI is InChI=1S/C23H23N3O4S/c1-16-2-4-17(5-3-16)14-20-22(28)26(23(29)31-20)15-21(27)24-18-6-8-19(9-7-18)25-10-12-30-13-11-25/h2-9,14H,10-13,15H2,1H3,(H,24,27). The van der Waals surface area contributed by atoms with Crippen LogP contribution in [0.15, 0.2) is 53.4 Å². The summed E-state index contributed by atoms with van der Waals surface area (Å²) < 4.78 is 5.36. The highest BCUT2D eigenvalue weighted by Gasteiger charge is 2.36. The molecular weight excluding hydrogens is 414 g/mol. The zero-order valence-electron chi connectivity index (χ0n) is 17.2. The van der Waals surface area contributed by atoms with Crippen molar-refractivity contribution in [3.05, 3.63) is 64.6 Å². The van der Waals surface area contributed by atoms with Gasteiger partial charge in [-0.1, -0.05) is 29.8 Å². The van der Waals surface area contributed by atoms with E-state index < -0.39 is 17.1 Å². The highest BCUT2D eigenvalue weighted by Crippen LogP contribution is 2.32. The van der Waals surface area contributed by atoms with Crippen molar-refractivity contribution in [3.8, 4) is 0 Å². The van der Waals surface area contributed by atoms with Crippen molar-refractivity contribution in [3.63, 3.8) is 0 Å². The predicted molar refractivity (Wildman–Crippen MR) is 122 cm³/mol. The van der Waals surface area contributed by atoms with E-state index in [-0.39, 0.29) is 6.54 Å². The Morgan fingerprint density at radius 2 is 1.74 bits per heavy atom. The van der Waals surface area contributed by atoms with Crippen LogP contribution in [0.4, 0.5) is 16.2 Å². The number of nitrogens with one attached hydrogen (secondary N) is 1. The monoisotopic (exact) mass is 437 g/mol. The molecule has 0 radical (unpaired) electrons. The number of thioether (sulfide) groups is 1. The number of amides is 3. The van der Waals surface area contributed by atoms with Gasteiger partial charge in [-0.25, -0.2) is 0 Å². The van der Waals surface area contributed by atoms with Crippen molar-refractivity contribution in [1.29, 1.82) is 0 Å². The van der Waals surface area contributed by atoms with Crippen LogP contribution in [-0.4, -0.2) is 54.8 Å². The van der Waals surface area contributed by atoms with Crippen LogP contribution in [-0.2, 0) is 14.3 Å². The lowest BCUT2D eigenvalue weighted by Gasteiger charge is -2.28. The lowest BCUT2D eigenvalue weighted by atomic mass is 10.1. The number of anilines is 2. The SMILES string of the molecule is Cc1ccc(C=C2SC(=O)N(CC(=O)Nc3ccc(N4CCOCC4)cc3)C2=O)cc1. The van der Waals surface area contributed by atoms with Crippen LogP contribution in [0, 0.1) is 6.92 Å². The number of aryl methyl sites for hydroxylation is 1. The normalized spacial score (nSPS) is 18.0. The molecule has 0 aromatic heterocycles. The van der Waals surface area contributed by atoms with E-state index in [1.54, 1.807) is 6.08 Å². The molecule has 3 amide bonds. The van der Waals surface area contributed by atoms with E-state index in [1.165, 1.54) is 0 Å². The number of morpholine rings is 1. The number of imide groups is 1. The molecule has 7 nitrogen and oxygen atoms in total.